The molecule has 0 bridgehead atoms. The topological polar surface area (TPSA) is 57.8 Å². The Morgan fingerprint density at radius 1 is 1.25 bits per heavy atom. The molecule has 1 amide bonds. The summed E-state index contributed by atoms with van der Waals surface area (Å²) in [4.78, 5) is 12.3. The van der Waals surface area contributed by atoms with Crippen molar-refractivity contribution in [1.82, 2.24) is 10.2 Å². The molecule has 3 rings (SSSR count). The number of nitrogens with zero attached hydrogens (tertiary/aromatic N) is 1. The van der Waals surface area contributed by atoms with Crippen LogP contribution in [0.15, 0.2) is 48.7 Å². The molecule has 3 aromatic rings. The zero-order valence-corrected chi connectivity index (χ0v) is 11.3. The predicted octanol–water partition coefficient (Wildman–Crippen LogP) is 3.55. The van der Waals surface area contributed by atoms with Gasteiger partial charge < -0.3 is 5.32 Å². The molecule has 0 saturated heterocycles. The highest BCUT2D eigenvalue weighted by Crippen LogP contribution is 2.21. The molecule has 1 aromatic heterocycles. The average Bonchev–Trinajstić information content (AvgIpc) is 2.97. The van der Waals surface area contributed by atoms with E-state index in [2.05, 4.69) is 15.5 Å². The zero-order valence-electron chi connectivity index (χ0n) is 10.6. The molecule has 0 aliphatic carbocycles. The van der Waals surface area contributed by atoms with E-state index >= 15 is 0 Å². The van der Waals surface area contributed by atoms with Crippen molar-refractivity contribution in [1.29, 1.82) is 0 Å². The first-order valence-electron chi connectivity index (χ1n) is 6.16. The van der Waals surface area contributed by atoms with Crippen LogP contribution in [0.3, 0.4) is 0 Å². The molecule has 0 saturated carbocycles. The number of rotatable bonds is 3. The molecule has 2 aromatic carbocycles. The summed E-state index contributed by atoms with van der Waals surface area (Å²) in [6, 6.07) is 12.9. The Labute approximate surface area is 120 Å². The molecule has 0 fully saturated rings. The first kappa shape index (κ1) is 12.7. The predicted molar refractivity (Wildman–Crippen MR) is 80.0 cm³/mol. The molecule has 0 atom stereocenters. The van der Waals surface area contributed by atoms with Crippen LogP contribution in [0, 0.1) is 0 Å². The average molecular weight is 286 g/mol. The SMILES string of the molecule is O=C(Nc1cccc2[nH]ncc12)c1cccc(CCl)c1. The molecular formula is C15H12ClN3O. The zero-order chi connectivity index (χ0) is 13.9. The van der Waals surface area contributed by atoms with E-state index < -0.39 is 0 Å². The Morgan fingerprint density at radius 2 is 2.10 bits per heavy atom. The number of aromatic amines is 1. The van der Waals surface area contributed by atoms with Gasteiger partial charge in [0, 0.05) is 16.8 Å². The summed E-state index contributed by atoms with van der Waals surface area (Å²) in [5, 5.41) is 10.6. The van der Waals surface area contributed by atoms with E-state index in [0.717, 1.165) is 22.2 Å². The maximum absolute atomic E-state index is 12.3. The number of amides is 1. The van der Waals surface area contributed by atoms with E-state index in [9.17, 15) is 4.79 Å². The van der Waals surface area contributed by atoms with Crippen LogP contribution in [0.4, 0.5) is 5.69 Å². The van der Waals surface area contributed by atoms with Gasteiger partial charge in [0.1, 0.15) is 0 Å². The number of H-pyrrole nitrogens is 1. The van der Waals surface area contributed by atoms with Crippen LogP contribution < -0.4 is 5.32 Å². The van der Waals surface area contributed by atoms with Crippen molar-refractivity contribution < 1.29 is 4.79 Å². The molecule has 0 unspecified atom stereocenters. The van der Waals surface area contributed by atoms with Crippen molar-refractivity contribution in [3.63, 3.8) is 0 Å². The normalized spacial score (nSPS) is 10.7. The summed E-state index contributed by atoms with van der Waals surface area (Å²) < 4.78 is 0. The molecule has 4 nitrogen and oxygen atoms in total. The fourth-order valence-electron chi connectivity index (χ4n) is 2.07. The van der Waals surface area contributed by atoms with E-state index in [4.69, 9.17) is 11.6 Å². The largest absolute Gasteiger partial charge is 0.321 e. The summed E-state index contributed by atoms with van der Waals surface area (Å²) in [5.41, 5.74) is 3.12. The van der Waals surface area contributed by atoms with Crippen molar-refractivity contribution in [2.45, 2.75) is 5.88 Å². The highest BCUT2D eigenvalue weighted by Gasteiger charge is 2.09. The van der Waals surface area contributed by atoms with Gasteiger partial charge in [0.15, 0.2) is 0 Å². The van der Waals surface area contributed by atoms with Crippen molar-refractivity contribution in [2.75, 3.05) is 5.32 Å². The van der Waals surface area contributed by atoms with Gasteiger partial charge in [-0.25, -0.2) is 0 Å². The number of hydrogen-bond acceptors (Lipinski definition) is 2. The van der Waals surface area contributed by atoms with Gasteiger partial charge in [0.25, 0.3) is 5.91 Å². The van der Waals surface area contributed by atoms with Crippen LogP contribution in [-0.4, -0.2) is 16.1 Å². The van der Waals surface area contributed by atoms with Gasteiger partial charge in [0.05, 0.1) is 17.4 Å². The van der Waals surface area contributed by atoms with Crippen LogP contribution >= 0.6 is 11.6 Å². The maximum atomic E-state index is 12.3. The van der Waals surface area contributed by atoms with E-state index in [-0.39, 0.29) is 5.91 Å². The molecule has 0 radical (unpaired) electrons. The third-order valence-electron chi connectivity index (χ3n) is 3.08. The van der Waals surface area contributed by atoms with Crippen LogP contribution in [0.25, 0.3) is 10.9 Å². The third-order valence-corrected chi connectivity index (χ3v) is 3.39. The fraction of sp³-hybridized carbons (Fsp3) is 0.0667. The number of carbonyl (C=O) groups excluding carboxylic acids is 1. The smallest absolute Gasteiger partial charge is 0.255 e. The number of aromatic nitrogens is 2. The monoisotopic (exact) mass is 285 g/mol. The molecular weight excluding hydrogens is 274 g/mol. The van der Waals surface area contributed by atoms with Gasteiger partial charge in [-0.1, -0.05) is 18.2 Å². The van der Waals surface area contributed by atoms with Crippen LogP contribution in [0.2, 0.25) is 0 Å². The molecule has 0 spiro atoms. The summed E-state index contributed by atoms with van der Waals surface area (Å²) in [7, 11) is 0. The highest BCUT2D eigenvalue weighted by atomic mass is 35.5. The number of nitrogens with one attached hydrogen (secondary N) is 2. The number of anilines is 1. The lowest BCUT2D eigenvalue weighted by molar-refractivity contribution is 0.102. The second kappa shape index (κ2) is 5.35. The Balaban J connectivity index is 1.90. The summed E-state index contributed by atoms with van der Waals surface area (Å²) in [6.07, 6.45) is 1.69. The molecule has 0 aliphatic heterocycles. The molecule has 100 valence electrons. The summed E-state index contributed by atoms with van der Waals surface area (Å²) >= 11 is 5.78. The van der Waals surface area contributed by atoms with Gasteiger partial charge in [-0.2, -0.15) is 5.10 Å². The number of hydrogen-bond donors (Lipinski definition) is 2. The number of fused-ring (bicyclic) bond motifs is 1. The number of alkyl halides is 1. The second-order valence-electron chi connectivity index (χ2n) is 4.42. The van der Waals surface area contributed by atoms with Gasteiger partial charge in [0.2, 0.25) is 0 Å². The Morgan fingerprint density at radius 3 is 2.95 bits per heavy atom. The molecule has 5 heteroatoms. The quantitative estimate of drug-likeness (QED) is 0.723. The van der Waals surface area contributed by atoms with Crippen molar-refractivity contribution >= 4 is 34.1 Å². The number of benzene rings is 2. The van der Waals surface area contributed by atoms with Crippen LogP contribution in [0.1, 0.15) is 15.9 Å². The highest BCUT2D eigenvalue weighted by molar-refractivity contribution is 6.17. The van der Waals surface area contributed by atoms with Gasteiger partial charge >= 0.3 is 0 Å². The Hall–Kier alpha value is -2.33. The van der Waals surface area contributed by atoms with E-state index in [1.807, 2.05) is 30.3 Å². The third kappa shape index (κ3) is 2.38. The molecule has 20 heavy (non-hydrogen) atoms. The first-order valence-corrected chi connectivity index (χ1v) is 6.70. The number of halogens is 1. The van der Waals surface area contributed by atoms with Gasteiger partial charge in [-0.15, -0.1) is 11.6 Å². The fourth-order valence-corrected chi connectivity index (χ4v) is 2.23. The molecule has 0 aliphatic rings. The number of carbonyl (C=O) groups is 1. The van der Waals surface area contributed by atoms with E-state index in [1.54, 1.807) is 18.3 Å². The minimum absolute atomic E-state index is 0.161. The van der Waals surface area contributed by atoms with E-state index in [0.29, 0.717) is 11.4 Å². The minimum atomic E-state index is -0.161. The Kier molecular flexibility index (Phi) is 3.39. The lowest BCUT2D eigenvalue weighted by Crippen LogP contribution is -2.12. The lowest BCUT2D eigenvalue weighted by Gasteiger charge is -2.07. The Bertz CT molecular complexity index is 766. The van der Waals surface area contributed by atoms with Crippen molar-refractivity contribution in [2.24, 2.45) is 0 Å². The van der Waals surface area contributed by atoms with Gasteiger partial charge in [-0.05, 0) is 29.8 Å². The lowest BCUT2D eigenvalue weighted by atomic mass is 10.1. The molecule has 1 heterocycles. The summed E-state index contributed by atoms with van der Waals surface area (Å²) in [5.74, 6) is 0.226. The minimum Gasteiger partial charge on any atom is -0.321 e. The van der Waals surface area contributed by atoms with Gasteiger partial charge in [-0.3, -0.25) is 9.89 Å². The first-order chi connectivity index (χ1) is 9.78. The van der Waals surface area contributed by atoms with E-state index in [1.165, 1.54) is 0 Å². The van der Waals surface area contributed by atoms with Crippen LogP contribution in [-0.2, 0) is 5.88 Å². The summed E-state index contributed by atoms with van der Waals surface area (Å²) in [6.45, 7) is 0. The standard InChI is InChI=1S/C15H12ClN3O/c16-8-10-3-1-4-11(7-10)15(20)18-13-5-2-6-14-12(13)9-17-19-14/h1-7,9H,8H2,(H,17,19)(H,18,20). The molecule has 2 N–H and O–H groups in total. The van der Waals surface area contributed by atoms with Crippen molar-refractivity contribution in [3.05, 3.63) is 59.8 Å². The van der Waals surface area contributed by atoms with Crippen molar-refractivity contribution in [3.8, 4) is 0 Å². The maximum Gasteiger partial charge on any atom is 0.255 e. The van der Waals surface area contributed by atoms with Crippen LogP contribution in [0.5, 0.6) is 0 Å². The second-order valence-corrected chi connectivity index (χ2v) is 4.69.